The lowest BCUT2D eigenvalue weighted by Crippen LogP contribution is -2.36. The zero-order valence-corrected chi connectivity index (χ0v) is 9.68. The first-order chi connectivity index (χ1) is 6.47. The highest BCUT2D eigenvalue weighted by Gasteiger charge is 2.31. The molecule has 0 radical (unpaired) electrons. The van der Waals surface area contributed by atoms with Gasteiger partial charge < -0.3 is 5.32 Å². The van der Waals surface area contributed by atoms with Gasteiger partial charge in [0, 0.05) is 12.5 Å². The molecule has 1 aliphatic rings. The summed E-state index contributed by atoms with van der Waals surface area (Å²) < 4.78 is 0. The second-order valence-corrected chi connectivity index (χ2v) is 4.73. The third-order valence-electron chi connectivity index (χ3n) is 3.07. The molecular formula is C12H21NO. The van der Waals surface area contributed by atoms with E-state index in [1.165, 1.54) is 5.57 Å². The SMILES string of the molecule is CCNC(C)C1=CC(=O)CCC1(C)C. The quantitative estimate of drug-likeness (QED) is 0.748. The minimum Gasteiger partial charge on any atom is -0.311 e. The van der Waals surface area contributed by atoms with Gasteiger partial charge in [-0.05, 0) is 37.0 Å². The van der Waals surface area contributed by atoms with E-state index in [1.807, 2.05) is 6.08 Å². The molecule has 1 N–H and O–H groups in total. The van der Waals surface area contributed by atoms with Crippen molar-refractivity contribution >= 4 is 5.78 Å². The van der Waals surface area contributed by atoms with Gasteiger partial charge in [-0.15, -0.1) is 0 Å². The highest BCUT2D eigenvalue weighted by atomic mass is 16.1. The summed E-state index contributed by atoms with van der Waals surface area (Å²) in [6.07, 6.45) is 3.53. The first kappa shape index (κ1) is 11.4. The Labute approximate surface area is 86.8 Å². The number of carbonyl (C=O) groups is 1. The molecule has 1 unspecified atom stereocenters. The predicted octanol–water partition coefficient (Wildman–Crippen LogP) is 2.30. The summed E-state index contributed by atoms with van der Waals surface area (Å²) in [5, 5.41) is 3.37. The van der Waals surface area contributed by atoms with Crippen LogP contribution in [0.25, 0.3) is 0 Å². The highest BCUT2D eigenvalue weighted by Crippen LogP contribution is 2.37. The summed E-state index contributed by atoms with van der Waals surface area (Å²) in [4.78, 5) is 11.4. The first-order valence-electron chi connectivity index (χ1n) is 5.45. The molecule has 0 saturated heterocycles. The van der Waals surface area contributed by atoms with Crippen molar-refractivity contribution in [1.29, 1.82) is 0 Å². The lowest BCUT2D eigenvalue weighted by atomic mass is 9.73. The van der Waals surface area contributed by atoms with E-state index in [0.717, 1.165) is 13.0 Å². The number of nitrogens with one attached hydrogen (secondary N) is 1. The normalized spacial score (nSPS) is 23.1. The summed E-state index contributed by atoms with van der Waals surface area (Å²) in [5.74, 6) is 0.282. The zero-order chi connectivity index (χ0) is 10.8. The summed E-state index contributed by atoms with van der Waals surface area (Å²) >= 11 is 0. The molecule has 2 nitrogen and oxygen atoms in total. The lowest BCUT2D eigenvalue weighted by molar-refractivity contribution is -0.115. The molecule has 0 amide bonds. The van der Waals surface area contributed by atoms with Gasteiger partial charge >= 0.3 is 0 Å². The number of likely N-dealkylation sites (N-methyl/N-ethyl adjacent to an activating group) is 1. The zero-order valence-electron chi connectivity index (χ0n) is 9.68. The molecular weight excluding hydrogens is 174 g/mol. The fourth-order valence-corrected chi connectivity index (χ4v) is 2.15. The van der Waals surface area contributed by atoms with Crippen molar-refractivity contribution in [3.63, 3.8) is 0 Å². The maximum absolute atomic E-state index is 11.4. The maximum Gasteiger partial charge on any atom is 0.155 e. The lowest BCUT2D eigenvalue weighted by Gasteiger charge is -2.35. The first-order valence-corrected chi connectivity index (χ1v) is 5.45. The van der Waals surface area contributed by atoms with Crippen LogP contribution < -0.4 is 5.32 Å². The topological polar surface area (TPSA) is 29.1 Å². The molecule has 0 aromatic rings. The van der Waals surface area contributed by atoms with Crippen molar-refractivity contribution in [1.82, 2.24) is 5.32 Å². The van der Waals surface area contributed by atoms with Crippen LogP contribution in [0.2, 0.25) is 0 Å². The number of hydrogen-bond donors (Lipinski definition) is 1. The molecule has 0 heterocycles. The Kier molecular flexibility index (Phi) is 3.48. The largest absolute Gasteiger partial charge is 0.311 e. The molecule has 0 aromatic heterocycles. The Morgan fingerprint density at radius 1 is 1.57 bits per heavy atom. The number of rotatable bonds is 3. The van der Waals surface area contributed by atoms with Crippen LogP contribution in [-0.2, 0) is 4.79 Å². The number of ketones is 1. The van der Waals surface area contributed by atoms with Gasteiger partial charge in [-0.1, -0.05) is 20.8 Å². The predicted molar refractivity (Wildman–Crippen MR) is 59.2 cm³/mol. The van der Waals surface area contributed by atoms with Crippen molar-refractivity contribution < 1.29 is 4.79 Å². The van der Waals surface area contributed by atoms with Crippen LogP contribution in [0.3, 0.4) is 0 Å². The Balaban J connectivity index is 2.85. The van der Waals surface area contributed by atoms with Gasteiger partial charge in [0.2, 0.25) is 0 Å². The van der Waals surface area contributed by atoms with E-state index in [-0.39, 0.29) is 11.2 Å². The van der Waals surface area contributed by atoms with E-state index in [9.17, 15) is 4.79 Å². The Hall–Kier alpha value is -0.630. The number of carbonyl (C=O) groups excluding carboxylic acids is 1. The van der Waals surface area contributed by atoms with E-state index in [2.05, 4.69) is 33.0 Å². The fourth-order valence-electron chi connectivity index (χ4n) is 2.15. The van der Waals surface area contributed by atoms with Gasteiger partial charge in [0.1, 0.15) is 0 Å². The van der Waals surface area contributed by atoms with E-state index < -0.39 is 0 Å². The smallest absolute Gasteiger partial charge is 0.155 e. The number of allylic oxidation sites excluding steroid dienone is 1. The molecule has 0 saturated carbocycles. The van der Waals surface area contributed by atoms with Gasteiger partial charge in [0.05, 0.1) is 0 Å². The van der Waals surface area contributed by atoms with Gasteiger partial charge in [0.15, 0.2) is 5.78 Å². The molecule has 0 fully saturated rings. The molecule has 1 rings (SSSR count). The summed E-state index contributed by atoms with van der Waals surface area (Å²) in [6.45, 7) is 9.62. The van der Waals surface area contributed by atoms with E-state index in [4.69, 9.17) is 0 Å². The molecule has 0 bridgehead atoms. The van der Waals surface area contributed by atoms with Gasteiger partial charge in [-0.25, -0.2) is 0 Å². The highest BCUT2D eigenvalue weighted by molar-refractivity contribution is 5.91. The monoisotopic (exact) mass is 195 g/mol. The summed E-state index contributed by atoms with van der Waals surface area (Å²) in [5.41, 5.74) is 1.44. The van der Waals surface area contributed by atoms with E-state index in [1.54, 1.807) is 0 Å². The minimum atomic E-state index is 0.176. The molecule has 0 aromatic carbocycles. The average Bonchev–Trinajstić information content (AvgIpc) is 2.10. The van der Waals surface area contributed by atoms with Gasteiger partial charge in [-0.3, -0.25) is 4.79 Å². The standard InChI is InChI=1S/C12H21NO/c1-5-13-9(2)11-8-10(14)6-7-12(11,3)4/h8-9,13H,5-7H2,1-4H3. The number of hydrogen-bond acceptors (Lipinski definition) is 2. The van der Waals surface area contributed by atoms with E-state index in [0.29, 0.717) is 12.5 Å². The van der Waals surface area contributed by atoms with Crippen LogP contribution in [-0.4, -0.2) is 18.4 Å². The third kappa shape index (κ3) is 2.44. The van der Waals surface area contributed by atoms with Crippen molar-refractivity contribution in [2.75, 3.05) is 6.54 Å². The van der Waals surface area contributed by atoms with Gasteiger partial charge in [0.25, 0.3) is 0 Å². The van der Waals surface area contributed by atoms with E-state index >= 15 is 0 Å². The molecule has 0 spiro atoms. The van der Waals surface area contributed by atoms with Gasteiger partial charge in [-0.2, -0.15) is 0 Å². The van der Waals surface area contributed by atoms with Crippen LogP contribution in [0.15, 0.2) is 11.6 Å². The van der Waals surface area contributed by atoms with Crippen LogP contribution in [0.4, 0.5) is 0 Å². The fraction of sp³-hybridized carbons (Fsp3) is 0.750. The van der Waals surface area contributed by atoms with Crippen molar-refractivity contribution in [3.05, 3.63) is 11.6 Å². The van der Waals surface area contributed by atoms with Crippen LogP contribution in [0.5, 0.6) is 0 Å². The van der Waals surface area contributed by atoms with Crippen LogP contribution in [0.1, 0.15) is 40.5 Å². The molecule has 80 valence electrons. The Morgan fingerprint density at radius 3 is 2.79 bits per heavy atom. The van der Waals surface area contributed by atoms with Crippen LogP contribution in [0, 0.1) is 5.41 Å². The van der Waals surface area contributed by atoms with Crippen molar-refractivity contribution in [2.45, 2.75) is 46.6 Å². The Bertz CT molecular complexity index is 253. The summed E-state index contributed by atoms with van der Waals surface area (Å²) in [7, 11) is 0. The second kappa shape index (κ2) is 4.26. The third-order valence-corrected chi connectivity index (χ3v) is 3.07. The minimum absolute atomic E-state index is 0.176. The Morgan fingerprint density at radius 2 is 2.21 bits per heavy atom. The molecule has 2 heteroatoms. The molecule has 1 aliphatic carbocycles. The average molecular weight is 195 g/mol. The maximum atomic E-state index is 11.4. The van der Waals surface area contributed by atoms with Crippen molar-refractivity contribution in [2.24, 2.45) is 5.41 Å². The molecule has 1 atom stereocenters. The molecule has 0 aliphatic heterocycles. The van der Waals surface area contributed by atoms with Crippen molar-refractivity contribution in [3.8, 4) is 0 Å². The summed E-state index contributed by atoms with van der Waals surface area (Å²) in [6, 6.07) is 0.319. The van der Waals surface area contributed by atoms with Crippen LogP contribution >= 0.6 is 0 Å². The second-order valence-electron chi connectivity index (χ2n) is 4.73. The molecule has 14 heavy (non-hydrogen) atoms.